The minimum Gasteiger partial charge on any atom is -0.496 e. The largest absolute Gasteiger partial charge is 0.496 e. The molecular weight excluding hydrogens is 258 g/mol. The molecule has 0 unspecified atom stereocenters. The van der Waals surface area contributed by atoms with Gasteiger partial charge in [0, 0.05) is 31.9 Å². The zero-order valence-electron chi connectivity index (χ0n) is 12.8. The van der Waals surface area contributed by atoms with Crippen LogP contribution in [0.3, 0.4) is 0 Å². The van der Waals surface area contributed by atoms with Crippen molar-refractivity contribution in [2.24, 2.45) is 0 Å². The first-order valence-corrected chi connectivity index (χ1v) is 6.84. The normalized spacial score (nSPS) is 10.4. The molecule has 0 bridgehead atoms. The summed E-state index contributed by atoms with van der Waals surface area (Å²) in [5, 5.41) is 3.37. The smallest absolute Gasteiger partial charge is 0.130 e. The predicted octanol–water partition coefficient (Wildman–Crippen LogP) is 2.23. The summed E-state index contributed by atoms with van der Waals surface area (Å²) in [7, 11) is 4.92. The van der Waals surface area contributed by atoms with Crippen molar-refractivity contribution >= 4 is 0 Å². The number of benzene rings is 1. The van der Waals surface area contributed by atoms with E-state index in [4.69, 9.17) is 18.9 Å². The van der Waals surface area contributed by atoms with Crippen molar-refractivity contribution in [2.75, 3.05) is 41.1 Å². The van der Waals surface area contributed by atoms with Crippen LogP contribution < -0.4 is 19.5 Å². The molecule has 5 heteroatoms. The lowest BCUT2D eigenvalue weighted by Crippen LogP contribution is -2.17. The third-order valence-corrected chi connectivity index (χ3v) is 2.97. The van der Waals surface area contributed by atoms with E-state index in [0.29, 0.717) is 6.54 Å². The van der Waals surface area contributed by atoms with Crippen LogP contribution in [0.5, 0.6) is 17.2 Å². The van der Waals surface area contributed by atoms with E-state index in [1.54, 1.807) is 21.3 Å². The van der Waals surface area contributed by atoms with E-state index in [2.05, 4.69) is 5.32 Å². The van der Waals surface area contributed by atoms with E-state index in [-0.39, 0.29) is 0 Å². The summed E-state index contributed by atoms with van der Waals surface area (Å²) < 4.78 is 21.3. The molecule has 0 saturated heterocycles. The Morgan fingerprint density at radius 1 is 1.00 bits per heavy atom. The van der Waals surface area contributed by atoms with Gasteiger partial charge < -0.3 is 24.3 Å². The van der Waals surface area contributed by atoms with Gasteiger partial charge in [-0.1, -0.05) is 0 Å². The molecule has 5 nitrogen and oxygen atoms in total. The van der Waals surface area contributed by atoms with E-state index >= 15 is 0 Å². The summed E-state index contributed by atoms with van der Waals surface area (Å²) in [6, 6.07) is 3.72. The Bertz CT molecular complexity index is 370. The minimum absolute atomic E-state index is 0.683. The molecule has 0 radical (unpaired) electrons. The zero-order valence-corrected chi connectivity index (χ0v) is 12.8. The van der Waals surface area contributed by atoms with Crippen LogP contribution in [0.2, 0.25) is 0 Å². The van der Waals surface area contributed by atoms with Crippen LogP contribution in [0.1, 0.15) is 18.9 Å². The van der Waals surface area contributed by atoms with Gasteiger partial charge >= 0.3 is 0 Å². The molecule has 1 N–H and O–H groups in total. The van der Waals surface area contributed by atoms with Gasteiger partial charge in [-0.15, -0.1) is 0 Å². The molecule has 20 heavy (non-hydrogen) atoms. The summed E-state index contributed by atoms with van der Waals surface area (Å²) >= 11 is 0. The van der Waals surface area contributed by atoms with Crippen molar-refractivity contribution in [1.82, 2.24) is 5.32 Å². The van der Waals surface area contributed by atoms with Crippen LogP contribution in [0, 0.1) is 0 Å². The summed E-state index contributed by atoms with van der Waals surface area (Å²) in [5.41, 5.74) is 0.993. The van der Waals surface area contributed by atoms with Crippen LogP contribution in [0.4, 0.5) is 0 Å². The number of hydrogen-bond donors (Lipinski definition) is 1. The number of methoxy groups -OCH3 is 3. The number of rotatable bonds is 10. The van der Waals surface area contributed by atoms with Gasteiger partial charge in [-0.05, 0) is 19.9 Å². The van der Waals surface area contributed by atoms with Crippen molar-refractivity contribution in [2.45, 2.75) is 19.9 Å². The fraction of sp³-hybridized carbons (Fsp3) is 0.600. The molecule has 0 aliphatic rings. The van der Waals surface area contributed by atoms with Crippen molar-refractivity contribution < 1.29 is 18.9 Å². The van der Waals surface area contributed by atoms with Gasteiger partial charge in [-0.25, -0.2) is 0 Å². The number of nitrogens with one attached hydrogen (secondary N) is 1. The molecule has 114 valence electrons. The second-order valence-corrected chi connectivity index (χ2v) is 4.24. The monoisotopic (exact) mass is 283 g/mol. The van der Waals surface area contributed by atoms with Gasteiger partial charge in [0.05, 0.1) is 26.9 Å². The van der Waals surface area contributed by atoms with Crippen molar-refractivity contribution in [1.29, 1.82) is 0 Å². The first-order valence-electron chi connectivity index (χ1n) is 6.84. The average Bonchev–Trinajstić information content (AvgIpc) is 2.50. The molecule has 1 aromatic rings. The molecule has 1 aromatic carbocycles. The lowest BCUT2D eigenvalue weighted by Gasteiger charge is -2.15. The van der Waals surface area contributed by atoms with Gasteiger partial charge in [0.25, 0.3) is 0 Å². The van der Waals surface area contributed by atoms with Crippen LogP contribution >= 0.6 is 0 Å². The van der Waals surface area contributed by atoms with Crippen molar-refractivity contribution in [3.05, 3.63) is 17.7 Å². The first-order chi connectivity index (χ1) is 9.76. The highest BCUT2D eigenvalue weighted by Crippen LogP contribution is 2.33. The maximum atomic E-state index is 5.40. The molecular formula is C15H25NO4. The Morgan fingerprint density at radius 3 is 2.15 bits per heavy atom. The molecule has 0 aliphatic carbocycles. The third kappa shape index (κ3) is 4.90. The molecule has 0 saturated carbocycles. The summed E-state index contributed by atoms with van der Waals surface area (Å²) in [6.07, 6.45) is 0.981. The first kappa shape index (κ1) is 16.6. The Hall–Kier alpha value is -1.46. The molecule has 0 amide bonds. The fourth-order valence-electron chi connectivity index (χ4n) is 1.91. The standard InChI is InChI=1S/C15H25NO4/c1-5-20-8-6-7-16-11-13-14(18-3)9-12(17-2)10-15(13)19-4/h9-10,16H,5-8,11H2,1-4H3. The predicted molar refractivity (Wildman–Crippen MR) is 78.9 cm³/mol. The number of hydrogen-bond acceptors (Lipinski definition) is 5. The highest BCUT2D eigenvalue weighted by molar-refractivity contribution is 5.50. The van der Waals surface area contributed by atoms with Crippen LogP contribution in [-0.2, 0) is 11.3 Å². The van der Waals surface area contributed by atoms with E-state index in [1.165, 1.54) is 0 Å². The minimum atomic E-state index is 0.683. The van der Waals surface area contributed by atoms with E-state index in [9.17, 15) is 0 Å². The molecule has 1 rings (SSSR count). The third-order valence-electron chi connectivity index (χ3n) is 2.97. The Kier molecular flexibility index (Phi) is 7.84. The topological polar surface area (TPSA) is 49.0 Å². The zero-order chi connectivity index (χ0) is 14.8. The summed E-state index contributed by atoms with van der Waals surface area (Å²) in [4.78, 5) is 0. The van der Waals surface area contributed by atoms with Gasteiger partial charge in [0.15, 0.2) is 0 Å². The Balaban J connectivity index is 2.63. The van der Waals surface area contributed by atoms with Gasteiger partial charge in [0.2, 0.25) is 0 Å². The van der Waals surface area contributed by atoms with Crippen molar-refractivity contribution in [3.63, 3.8) is 0 Å². The molecule has 0 aromatic heterocycles. The fourth-order valence-corrected chi connectivity index (χ4v) is 1.91. The summed E-state index contributed by atoms with van der Waals surface area (Å²) in [5.74, 6) is 2.25. The molecule has 0 aliphatic heterocycles. The Labute approximate surface area is 121 Å². The van der Waals surface area contributed by atoms with Gasteiger partial charge in [-0.3, -0.25) is 0 Å². The van der Waals surface area contributed by atoms with Crippen LogP contribution in [0.25, 0.3) is 0 Å². The van der Waals surface area contributed by atoms with Gasteiger partial charge in [-0.2, -0.15) is 0 Å². The highest BCUT2D eigenvalue weighted by Gasteiger charge is 2.12. The maximum Gasteiger partial charge on any atom is 0.130 e. The van der Waals surface area contributed by atoms with Gasteiger partial charge in [0.1, 0.15) is 17.2 Å². The lowest BCUT2D eigenvalue weighted by atomic mass is 10.1. The second-order valence-electron chi connectivity index (χ2n) is 4.24. The SMILES string of the molecule is CCOCCCNCc1c(OC)cc(OC)cc1OC. The number of ether oxygens (including phenoxy) is 4. The Morgan fingerprint density at radius 2 is 1.65 bits per heavy atom. The molecule has 0 spiro atoms. The van der Waals surface area contributed by atoms with E-state index in [1.807, 2.05) is 19.1 Å². The molecule has 0 atom stereocenters. The maximum absolute atomic E-state index is 5.40. The second kappa shape index (κ2) is 9.44. The van der Waals surface area contributed by atoms with Crippen LogP contribution in [-0.4, -0.2) is 41.1 Å². The highest BCUT2D eigenvalue weighted by atomic mass is 16.5. The molecule has 0 fully saturated rings. The average molecular weight is 283 g/mol. The molecule has 0 heterocycles. The van der Waals surface area contributed by atoms with E-state index in [0.717, 1.165) is 49.0 Å². The quantitative estimate of drug-likeness (QED) is 0.667. The lowest BCUT2D eigenvalue weighted by molar-refractivity contribution is 0.144. The summed E-state index contributed by atoms with van der Waals surface area (Å²) in [6.45, 7) is 5.11. The van der Waals surface area contributed by atoms with Crippen LogP contribution in [0.15, 0.2) is 12.1 Å². The van der Waals surface area contributed by atoms with Crippen molar-refractivity contribution in [3.8, 4) is 17.2 Å². The van der Waals surface area contributed by atoms with E-state index < -0.39 is 0 Å².